The predicted octanol–water partition coefficient (Wildman–Crippen LogP) is 3.61. The molecule has 2 aromatic rings. The van der Waals surface area contributed by atoms with Crippen molar-refractivity contribution in [2.45, 2.75) is 55.9 Å². The quantitative estimate of drug-likeness (QED) is 0.729. The first kappa shape index (κ1) is 19.5. The second kappa shape index (κ2) is 9.13. The van der Waals surface area contributed by atoms with Gasteiger partial charge < -0.3 is 4.90 Å². The summed E-state index contributed by atoms with van der Waals surface area (Å²) in [6.45, 7) is 0. The number of benzene rings is 1. The smallest absolute Gasteiger partial charge is 0.224 e. The third-order valence-corrected chi connectivity index (χ3v) is 6.71. The molecule has 3 rings (SSSR count). The third-order valence-electron chi connectivity index (χ3n) is 5.10. The van der Waals surface area contributed by atoms with Crippen molar-refractivity contribution in [3.63, 3.8) is 0 Å². The third kappa shape index (κ3) is 5.39. The molecular formula is C21H26N2O3S. The minimum absolute atomic E-state index is 0.0126. The molecule has 1 aliphatic carbocycles. The molecule has 5 nitrogen and oxygen atoms in total. The van der Waals surface area contributed by atoms with Crippen LogP contribution in [0.5, 0.6) is 0 Å². The molecule has 1 fully saturated rings. The van der Waals surface area contributed by atoms with Crippen LogP contribution in [-0.4, -0.2) is 36.1 Å². The summed E-state index contributed by atoms with van der Waals surface area (Å²) in [5.41, 5.74) is 0.986. The van der Waals surface area contributed by atoms with Gasteiger partial charge in [0.15, 0.2) is 9.84 Å². The number of rotatable bonds is 7. The van der Waals surface area contributed by atoms with Gasteiger partial charge in [-0.2, -0.15) is 0 Å². The number of hydrogen-bond donors (Lipinski definition) is 0. The first-order valence-electron chi connectivity index (χ1n) is 9.52. The lowest BCUT2D eigenvalue weighted by Crippen LogP contribution is -2.44. The van der Waals surface area contributed by atoms with Crippen molar-refractivity contribution >= 4 is 15.7 Å². The number of nitrogens with zero attached hydrogens (tertiary/aromatic N) is 2. The molecule has 1 aliphatic rings. The van der Waals surface area contributed by atoms with Gasteiger partial charge in [0, 0.05) is 24.9 Å². The standard InChI is InChI=1S/C21H26N2O3S/c24-21(14-13-18-8-7-15-22-16-18)23(19-9-3-1-4-10-19)17-27(25,26)20-11-5-2-6-12-20/h2,5-8,11-12,15-16,19H,1,3-4,9-10,13-14,17H2. The first-order valence-corrected chi connectivity index (χ1v) is 11.2. The number of aromatic nitrogens is 1. The van der Waals surface area contributed by atoms with Gasteiger partial charge in [-0.1, -0.05) is 43.5 Å². The van der Waals surface area contributed by atoms with Crippen LogP contribution < -0.4 is 0 Å². The van der Waals surface area contributed by atoms with Crippen LogP contribution in [0.15, 0.2) is 59.8 Å². The maximum absolute atomic E-state index is 13.0. The molecule has 1 aromatic heterocycles. The van der Waals surface area contributed by atoms with E-state index in [0.29, 0.717) is 12.8 Å². The molecule has 1 saturated carbocycles. The zero-order valence-corrected chi connectivity index (χ0v) is 16.3. The summed E-state index contributed by atoms with van der Waals surface area (Å²) in [5.74, 6) is -0.335. The predicted molar refractivity (Wildman–Crippen MR) is 105 cm³/mol. The van der Waals surface area contributed by atoms with Gasteiger partial charge in [-0.3, -0.25) is 9.78 Å². The highest BCUT2D eigenvalue weighted by molar-refractivity contribution is 7.91. The summed E-state index contributed by atoms with van der Waals surface area (Å²) in [5, 5.41) is 0. The van der Waals surface area contributed by atoms with Gasteiger partial charge >= 0.3 is 0 Å². The van der Waals surface area contributed by atoms with Crippen molar-refractivity contribution in [1.29, 1.82) is 0 Å². The number of aryl methyl sites for hydroxylation is 1. The Kier molecular flexibility index (Phi) is 6.61. The van der Waals surface area contributed by atoms with Crippen molar-refractivity contribution in [2.75, 3.05) is 5.88 Å². The Morgan fingerprint density at radius 2 is 1.78 bits per heavy atom. The Hall–Kier alpha value is -2.21. The molecule has 6 heteroatoms. The molecule has 1 aromatic carbocycles. The zero-order chi connectivity index (χ0) is 19.1. The van der Waals surface area contributed by atoms with Gasteiger partial charge in [0.2, 0.25) is 5.91 Å². The van der Waals surface area contributed by atoms with Crippen LogP contribution >= 0.6 is 0 Å². The Morgan fingerprint density at radius 3 is 2.44 bits per heavy atom. The first-order chi connectivity index (χ1) is 13.1. The SMILES string of the molecule is O=C(CCc1cccnc1)N(CS(=O)(=O)c1ccccc1)C1CCCCC1. The summed E-state index contributed by atoms with van der Waals surface area (Å²) in [6.07, 6.45) is 9.31. The van der Waals surface area contributed by atoms with Gasteiger partial charge in [-0.25, -0.2) is 8.42 Å². The lowest BCUT2D eigenvalue weighted by atomic mass is 9.94. The maximum atomic E-state index is 13.0. The normalized spacial score (nSPS) is 15.4. The summed E-state index contributed by atoms with van der Waals surface area (Å²) in [7, 11) is -3.54. The van der Waals surface area contributed by atoms with E-state index in [2.05, 4.69) is 4.98 Å². The highest BCUT2D eigenvalue weighted by Crippen LogP contribution is 2.25. The average Bonchev–Trinajstić information content (AvgIpc) is 2.72. The number of carbonyl (C=O) groups is 1. The largest absolute Gasteiger partial charge is 0.325 e. The lowest BCUT2D eigenvalue weighted by Gasteiger charge is -2.34. The molecule has 0 aliphatic heterocycles. The topological polar surface area (TPSA) is 67.3 Å². The van der Waals surface area contributed by atoms with Crippen molar-refractivity contribution in [2.24, 2.45) is 0 Å². The van der Waals surface area contributed by atoms with E-state index >= 15 is 0 Å². The molecule has 0 N–H and O–H groups in total. The minimum atomic E-state index is -3.54. The van der Waals surface area contributed by atoms with Crippen LogP contribution in [0.1, 0.15) is 44.1 Å². The van der Waals surface area contributed by atoms with Gasteiger partial charge in [0.1, 0.15) is 5.88 Å². The van der Waals surface area contributed by atoms with E-state index in [4.69, 9.17) is 0 Å². The van der Waals surface area contributed by atoms with Crippen molar-refractivity contribution in [3.8, 4) is 0 Å². The summed E-state index contributed by atoms with van der Waals surface area (Å²) in [6, 6.07) is 12.2. The van der Waals surface area contributed by atoms with E-state index in [0.717, 1.165) is 37.7 Å². The maximum Gasteiger partial charge on any atom is 0.224 e. The van der Waals surface area contributed by atoms with Crippen molar-refractivity contribution in [3.05, 3.63) is 60.4 Å². The highest BCUT2D eigenvalue weighted by Gasteiger charge is 2.30. The van der Waals surface area contributed by atoms with E-state index in [1.807, 2.05) is 12.1 Å². The second-order valence-corrected chi connectivity index (χ2v) is 9.03. The Balaban J connectivity index is 1.75. The fourth-order valence-electron chi connectivity index (χ4n) is 3.60. The fourth-order valence-corrected chi connectivity index (χ4v) is 5.04. The molecule has 144 valence electrons. The van der Waals surface area contributed by atoms with Crippen LogP contribution in [0.2, 0.25) is 0 Å². The molecule has 1 amide bonds. The Bertz CT molecular complexity index is 832. The average molecular weight is 387 g/mol. The minimum Gasteiger partial charge on any atom is -0.325 e. The van der Waals surface area contributed by atoms with Crippen LogP contribution in [0, 0.1) is 0 Å². The molecule has 0 radical (unpaired) electrons. The summed E-state index contributed by atoms with van der Waals surface area (Å²) >= 11 is 0. The highest BCUT2D eigenvalue weighted by atomic mass is 32.2. The van der Waals surface area contributed by atoms with E-state index in [9.17, 15) is 13.2 Å². The molecule has 0 saturated heterocycles. The molecule has 0 bridgehead atoms. The number of sulfone groups is 1. The van der Waals surface area contributed by atoms with Crippen LogP contribution in [0.4, 0.5) is 0 Å². The molecule has 0 atom stereocenters. The van der Waals surface area contributed by atoms with Crippen LogP contribution in [0.3, 0.4) is 0 Å². The lowest BCUT2D eigenvalue weighted by molar-refractivity contribution is -0.133. The number of amides is 1. The zero-order valence-electron chi connectivity index (χ0n) is 15.5. The van der Waals surface area contributed by atoms with Crippen molar-refractivity contribution in [1.82, 2.24) is 9.88 Å². The monoisotopic (exact) mass is 386 g/mol. The number of pyridine rings is 1. The van der Waals surface area contributed by atoms with E-state index in [1.54, 1.807) is 47.6 Å². The van der Waals surface area contributed by atoms with Gasteiger partial charge in [-0.05, 0) is 43.0 Å². The number of hydrogen-bond acceptors (Lipinski definition) is 4. The molecule has 27 heavy (non-hydrogen) atoms. The Labute approximate surface area is 161 Å². The number of carbonyl (C=O) groups excluding carboxylic acids is 1. The molecule has 0 spiro atoms. The van der Waals surface area contributed by atoms with E-state index in [1.165, 1.54) is 0 Å². The molecular weight excluding hydrogens is 360 g/mol. The van der Waals surface area contributed by atoms with Crippen LogP contribution in [0.25, 0.3) is 0 Å². The summed E-state index contributed by atoms with van der Waals surface area (Å²) < 4.78 is 25.7. The van der Waals surface area contributed by atoms with Crippen LogP contribution in [-0.2, 0) is 21.1 Å². The molecule has 0 unspecified atom stereocenters. The van der Waals surface area contributed by atoms with Gasteiger partial charge in [0.25, 0.3) is 0 Å². The van der Waals surface area contributed by atoms with Gasteiger partial charge in [0.05, 0.1) is 4.90 Å². The summed E-state index contributed by atoms with van der Waals surface area (Å²) in [4.78, 5) is 18.9. The second-order valence-electron chi connectivity index (χ2n) is 7.07. The van der Waals surface area contributed by atoms with Gasteiger partial charge in [-0.15, -0.1) is 0 Å². The van der Waals surface area contributed by atoms with E-state index < -0.39 is 9.84 Å². The fraction of sp³-hybridized carbons (Fsp3) is 0.429. The Morgan fingerprint density at radius 1 is 1.04 bits per heavy atom. The van der Waals surface area contributed by atoms with Crippen molar-refractivity contribution < 1.29 is 13.2 Å². The molecule has 1 heterocycles. The van der Waals surface area contributed by atoms with E-state index in [-0.39, 0.29) is 22.7 Å².